The molecule has 564 valence electrons. The predicted molar refractivity (Wildman–Crippen MR) is 386 cm³/mol. The molecule has 0 fully saturated rings. The monoisotopic (exact) mass is 1400 g/mol. The number of esters is 4. The SMILES string of the molecule is CCCCCCCCCCCCCCCCCCCC(=O)O[C@H](COC(=O)CCCCCCCCCCCCCCCCC)COP(=O)(O)OC[C@@H](O)COP(=O)(O)OC[C@@H](COC(=O)CCCCCCCCCCC(C)C)OC(=O)CCCCCCCCCCCC(C)C. The Bertz CT molecular complexity index is 1840. The topological polar surface area (TPSA) is 237 Å². The summed E-state index contributed by atoms with van der Waals surface area (Å²) in [6.45, 7) is 9.54. The molecule has 19 heteroatoms. The molecule has 0 aromatic rings. The minimum atomic E-state index is -4.96. The van der Waals surface area contributed by atoms with Gasteiger partial charge in [-0.1, -0.05) is 343 Å². The van der Waals surface area contributed by atoms with Crippen molar-refractivity contribution in [3.8, 4) is 0 Å². The summed E-state index contributed by atoms with van der Waals surface area (Å²) in [5.41, 5.74) is 0. The van der Waals surface area contributed by atoms with Gasteiger partial charge in [-0.25, -0.2) is 9.13 Å². The fourth-order valence-corrected chi connectivity index (χ4v) is 13.2. The summed E-state index contributed by atoms with van der Waals surface area (Å²) >= 11 is 0. The van der Waals surface area contributed by atoms with Gasteiger partial charge in [0, 0.05) is 25.7 Å². The maximum absolute atomic E-state index is 13.1. The molecule has 0 saturated heterocycles. The van der Waals surface area contributed by atoms with Crippen LogP contribution in [0.3, 0.4) is 0 Å². The average molecular weight is 1400 g/mol. The highest BCUT2D eigenvalue weighted by Gasteiger charge is 2.30. The summed E-state index contributed by atoms with van der Waals surface area (Å²) in [5.74, 6) is -0.653. The Balaban J connectivity index is 5.25. The van der Waals surface area contributed by atoms with Gasteiger partial charge in [0.1, 0.15) is 19.3 Å². The van der Waals surface area contributed by atoms with Crippen molar-refractivity contribution in [1.29, 1.82) is 0 Å². The van der Waals surface area contributed by atoms with Gasteiger partial charge >= 0.3 is 39.5 Å². The zero-order valence-electron chi connectivity index (χ0n) is 62.0. The summed E-state index contributed by atoms with van der Waals surface area (Å²) in [7, 11) is -9.91. The molecule has 0 spiro atoms. The van der Waals surface area contributed by atoms with E-state index in [1.165, 1.54) is 212 Å². The molecule has 0 amide bonds. The molecule has 0 bridgehead atoms. The van der Waals surface area contributed by atoms with E-state index in [1.807, 2.05) is 0 Å². The Morgan fingerprint density at radius 1 is 0.284 bits per heavy atom. The first-order valence-corrected chi connectivity index (χ1v) is 42.5. The van der Waals surface area contributed by atoms with E-state index in [2.05, 4.69) is 41.5 Å². The minimum absolute atomic E-state index is 0.105. The fourth-order valence-electron chi connectivity index (χ4n) is 11.7. The van der Waals surface area contributed by atoms with Crippen LogP contribution in [0.25, 0.3) is 0 Å². The van der Waals surface area contributed by atoms with E-state index in [-0.39, 0.29) is 25.7 Å². The number of carbonyl (C=O) groups is 4. The molecule has 0 aliphatic heterocycles. The van der Waals surface area contributed by atoms with Gasteiger partial charge < -0.3 is 33.8 Å². The smallest absolute Gasteiger partial charge is 0.462 e. The van der Waals surface area contributed by atoms with Gasteiger partial charge in [0.2, 0.25) is 0 Å². The lowest BCUT2D eigenvalue weighted by molar-refractivity contribution is -0.161. The molecular weight excluding hydrogens is 1250 g/mol. The molecule has 0 saturated carbocycles. The molecule has 0 aromatic carbocycles. The van der Waals surface area contributed by atoms with E-state index < -0.39 is 97.5 Å². The fraction of sp³-hybridized carbons (Fsp3) is 0.947. The van der Waals surface area contributed by atoms with E-state index in [0.717, 1.165) is 102 Å². The predicted octanol–water partition coefficient (Wildman–Crippen LogP) is 22.3. The van der Waals surface area contributed by atoms with Crippen LogP contribution in [0.2, 0.25) is 0 Å². The van der Waals surface area contributed by atoms with Crippen molar-refractivity contribution in [1.82, 2.24) is 0 Å². The van der Waals surface area contributed by atoms with Crippen molar-refractivity contribution in [3.63, 3.8) is 0 Å². The van der Waals surface area contributed by atoms with E-state index in [4.69, 9.17) is 37.0 Å². The highest BCUT2D eigenvalue weighted by Crippen LogP contribution is 2.45. The van der Waals surface area contributed by atoms with Crippen LogP contribution >= 0.6 is 15.6 Å². The second-order valence-corrected chi connectivity index (χ2v) is 31.3. The summed E-state index contributed by atoms with van der Waals surface area (Å²) < 4.78 is 68.5. The van der Waals surface area contributed by atoms with Crippen LogP contribution in [0, 0.1) is 11.8 Å². The second-order valence-electron chi connectivity index (χ2n) is 28.3. The largest absolute Gasteiger partial charge is 0.472 e. The number of carbonyl (C=O) groups excluding carboxylic acids is 4. The lowest BCUT2D eigenvalue weighted by Gasteiger charge is -2.21. The van der Waals surface area contributed by atoms with Gasteiger partial charge in [-0.3, -0.25) is 37.3 Å². The van der Waals surface area contributed by atoms with Crippen LogP contribution < -0.4 is 0 Å². The van der Waals surface area contributed by atoms with Gasteiger partial charge in [-0.15, -0.1) is 0 Å². The molecule has 0 rings (SSSR count). The molecule has 5 atom stereocenters. The van der Waals surface area contributed by atoms with Crippen molar-refractivity contribution in [2.24, 2.45) is 11.8 Å². The molecular formula is C76H148O17P2. The zero-order valence-corrected chi connectivity index (χ0v) is 63.8. The Morgan fingerprint density at radius 3 is 0.716 bits per heavy atom. The molecule has 17 nitrogen and oxygen atoms in total. The number of hydrogen-bond acceptors (Lipinski definition) is 15. The average Bonchev–Trinajstić information content (AvgIpc) is 1.92. The lowest BCUT2D eigenvalue weighted by Crippen LogP contribution is -2.30. The van der Waals surface area contributed by atoms with Crippen molar-refractivity contribution < 1.29 is 80.2 Å². The number of ether oxygens (including phenoxy) is 4. The number of phosphoric acid groups is 2. The molecule has 95 heavy (non-hydrogen) atoms. The molecule has 0 aromatic heterocycles. The quantitative estimate of drug-likeness (QED) is 0.0222. The van der Waals surface area contributed by atoms with Crippen molar-refractivity contribution in [3.05, 3.63) is 0 Å². The first-order chi connectivity index (χ1) is 45.9. The third-order valence-electron chi connectivity index (χ3n) is 17.7. The van der Waals surface area contributed by atoms with Crippen LogP contribution in [0.1, 0.15) is 395 Å². The van der Waals surface area contributed by atoms with Crippen LogP contribution in [0.5, 0.6) is 0 Å². The molecule has 2 unspecified atom stereocenters. The maximum Gasteiger partial charge on any atom is 0.472 e. The summed E-state index contributed by atoms with van der Waals surface area (Å²) in [6, 6.07) is 0. The van der Waals surface area contributed by atoms with E-state index >= 15 is 0 Å². The highest BCUT2D eigenvalue weighted by molar-refractivity contribution is 7.47. The van der Waals surface area contributed by atoms with Crippen molar-refractivity contribution >= 4 is 39.5 Å². The summed E-state index contributed by atoms with van der Waals surface area (Å²) in [6.07, 6.45) is 55.5. The van der Waals surface area contributed by atoms with E-state index in [1.54, 1.807) is 0 Å². The standard InChI is InChI=1S/C76H148O17P2/c1-7-9-11-13-15-17-19-21-23-24-26-28-30-34-42-48-54-60-75(80)92-71(64-86-73(78)58-52-46-40-33-29-27-25-22-20-18-16-14-12-10-8-2)66-90-94(82,83)88-62-70(77)63-89-95(84,85)91-67-72(65-87-74(79)59-53-47-41-37-36-39-45-51-57-69(5)6)93-76(81)61-55-49-43-35-31-32-38-44-50-56-68(3)4/h68-72,77H,7-67H2,1-6H3,(H,82,83)(H,84,85)/t70-,71-,72-/m1/s1. The molecule has 0 heterocycles. The number of aliphatic hydroxyl groups is 1. The first-order valence-electron chi connectivity index (χ1n) is 39.5. The Hall–Kier alpha value is -1.94. The molecule has 3 N–H and O–H groups in total. The summed E-state index contributed by atoms with van der Waals surface area (Å²) in [5, 5.41) is 10.6. The zero-order chi connectivity index (χ0) is 70.0. The Labute approximate surface area is 581 Å². The molecule has 0 aliphatic rings. The number of phosphoric ester groups is 2. The Kier molecular flexibility index (Phi) is 66.5. The van der Waals surface area contributed by atoms with Crippen LogP contribution in [-0.2, 0) is 65.4 Å². The lowest BCUT2D eigenvalue weighted by atomic mass is 10.0. The second kappa shape index (κ2) is 67.9. The van der Waals surface area contributed by atoms with E-state index in [0.29, 0.717) is 25.7 Å². The highest BCUT2D eigenvalue weighted by atomic mass is 31.2. The summed E-state index contributed by atoms with van der Waals surface area (Å²) in [4.78, 5) is 72.8. The van der Waals surface area contributed by atoms with Gasteiger partial charge in [0.05, 0.1) is 26.4 Å². The normalized spacial score (nSPS) is 14.0. The van der Waals surface area contributed by atoms with Gasteiger partial charge in [0.15, 0.2) is 12.2 Å². The molecule has 0 aliphatic carbocycles. The van der Waals surface area contributed by atoms with Gasteiger partial charge in [-0.05, 0) is 37.5 Å². The van der Waals surface area contributed by atoms with Gasteiger partial charge in [-0.2, -0.15) is 0 Å². The van der Waals surface area contributed by atoms with Gasteiger partial charge in [0.25, 0.3) is 0 Å². The van der Waals surface area contributed by atoms with Crippen molar-refractivity contribution in [2.75, 3.05) is 39.6 Å². The van der Waals surface area contributed by atoms with E-state index in [9.17, 15) is 43.2 Å². The van der Waals surface area contributed by atoms with Crippen LogP contribution in [0.15, 0.2) is 0 Å². The van der Waals surface area contributed by atoms with Crippen molar-refractivity contribution in [2.45, 2.75) is 413 Å². The number of hydrogen-bond donors (Lipinski definition) is 3. The molecule has 0 radical (unpaired) electrons. The number of unbranched alkanes of at least 4 members (excludes halogenated alkanes) is 45. The third-order valence-corrected chi connectivity index (χ3v) is 19.6. The third kappa shape index (κ3) is 70.3. The first kappa shape index (κ1) is 93.1. The number of rotatable bonds is 75. The van der Waals surface area contributed by atoms with Crippen LogP contribution in [0.4, 0.5) is 0 Å². The maximum atomic E-state index is 13.1. The minimum Gasteiger partial charge on any atom is -0.462 e. The van der Waals surface area contributed by atoms with Crippen LogP contribution in [-0.4, -0.2) is 96.7 Å². The Morgan fingerprint density at radius 2 is 0.484 bits per heavy atom. The number of aliphatic hydroxyl groups excluding tert-OH is 1.